The van der Waals surface area contributed by atoms with Gasteiger partial charge in [-0.15, -0.1) is 0 Å². The van der Waals surface area contributed by atoms with Crippen LogP contribution >= 0.6 is 0 Å². The molecule has 1 aliphatic rings. The molecule has 0 bridgehead atoms. The fourth-order valence-corrected chi connectivity index (χ4v) is 7.12. The number of aromatic nitrogens is 4. The van der Waals surface area contributed by atoms with Gasteiger partial charge in [-0.2, -0.15) is 31.4 Å². The van der Waals surface area contributed by atoms with Gasteiger partial charge < -0.3 is 19.5 Å². The van der Waals surface area contributed by atoms with Gasteiger partial charge in [-0.1, -0.05) is 6.92 Å². The van der Waals surface area contributed by atoms with E-state index in [2.05, 4.69) is 15.4 Å². The average molecular weight is 921 g/mol. The van der Waals surface area contributed by atoms with E-state index >= 15 is 0 Å². The molecule has 0 atom stereocenters. The number of amides is 5. The Hall–Kier alpha value is -6.15. The number of urea groups is 1. The summed E-state index contributed by atoms with van der Waals surface area (Å²) in [4.78, 5) is 65.5. The Bertz CT molecular complexity index is 2370. The number of halogens is 6. The molecule has 1 saturated carbocycles. The fraction of sp³-hybridized carbons (Fsp3) is 0.523. The number of hydrogen-bond donors (Lipinski definition) is 2. The predicted octanol–water partition coefficient (Wildman–Crippen LogP) is 11.5. The molecule has 0 radical (unpaired) electrons. The maximum Gasteiger partial charge on any atom is 0.420 e. The molecule has 21 heteroatoms. The smallest absolute Gasteiger partial charge is 0.420 e. The van der Waals surface area contributed by atoms with E-state index in [0.717, 1.165) is 10.5 Å². The van der Waals surface area contributed by atoms with Gasteiger partial charge in [-0.3, -0.25) is 10.00 Å². The number of hydrogen-bond acceptors (Lipinski definition) is 10. The minimum absolute atomic E-state index is 0.0444. The van der Waals surface area contributed by atoms with Crippen LogP contribution in [-0.4, -0.2) is 77.8 Å². The highest BCUT2D eigenvalue weighted by Gasteiger charge is 2.42. The zero-order valence-electron chi connectivity index (χ0n) is 38.0. The van der Waals surface area contributed by atoms with E-state index in [0.29, 0.717) is 66.4 Å². The molecule has 1 fully saturated rings. The standard InChI is InChI=1S/C44H54F6N8O7/c1-12-24-17-25(32-22-33(55-56(32)11)53-36(59)52-29-20-27(43(45,46)47)19-28(21-29)44(48,49)50)18-26-23-51-35(54-34(24)26)57(37(60)63-40(2,3)4)30-13-15-31(16-14-30)58(38(61)64-41(5,6)7)39(62)65-42(8,9)10/h17-23,30-31H,12-16H2,1-11H3,(H2,52,53,55,59). The summed E-state index contributed by atoms with van der Waals surface area (Å²) < 4.78 is 98.7. The third kappa shape index (κ3) is 13.0. The van der Waals surface area contributed by atoms with Gasteiger partial charge in [-0.05, 0) is 130 Å². The predicted molar refractivity (Wildman–Crippen MR) is 229 cm³/mol. The fourth-order valence-electron chi connectivity index (χ4n) is 7.12. The lowest BCUT2D eigenvalue weighted by Gasteiger charge is -2.39. The summed E-state index contributed by atoms with van der Waals surface area (Å²) in [6.07, 6.45) is -9.32. The van der Waals surface area contributed by atoms with E-state index in [-0.39, 0.29) is 17.8 Å². The largest absolute Gasteiger partial charge is 0.443 e. The second-order valence-electron chi connectivity index (χ2n) is 18.7. The van der Waals surface area contributed by atoms with E-state index in [4.69, 9.17) is 19.2 Å². The number of benzene rings is 2. The summed E-state index contributed by atoms with van der Waals surface area (Å²) in [6.45, 7) is 17.2. The van der Waals surface area contributed by atoms with Crippen molar-refractivity contribution in [2.45, 2.75) is 143 Å². The molecule has 2 aromatic heterocycles. The molecule has 2 N–H and O–H groups in total. The normalized spacial score (nSPS) is 16.1. The van der Waals surface area contributed by atoms with Crippen LogP contribution in [0.25, 0.3) is 22.2 Å². The molecule has 65 heavy (non-hydrogen) atoms. The van der Waals surface area contributed by atoms with Crippen LogP contribution in [0, 0.1) is 0 Å². The van der Waals surface area contributed by atoms with Gasteiger partial charge in [0, 0.05) is 48.0 Å². The van der Waals surface area contributed by atoms with Crippen LogP contribution in [0.15, 0.2) is 42.6 Å². The molecule has 5 amide bonds. The maximum atomic E-state index is 14.0. The minimum atomic E-state index is -5.11. The molecule has 0 spiro atoms. The van der Waals surface area contributed by atoms with Crippen molar-refractivity contribution in [3.63, 3.8) is 0 Å². The lowest BCUT2D eigenvalue weighted by molar-refractivity contribution is -0.143. The molecule has 5 rings (SSSR count). The number of carbonyl (C=O) groups excluding carboxylic acids is 4. The van der Waals surface area contributed by atoms with Crippen LogP contribution in [0.2, 0.25) is 0 Å². The van der Waals surface area contributed by atoms with E-state index in [1.165, 1.54) is 15.6 Å². The molecule has 0 unspecified atom stereocenters. The van der Waals surface area contributed by atoms with Crippen LogP contribution in [0.1, 0.15) is 112 Å². The van der Waals surface area contributed by atoms with Gasteiger partial charge >= 0.3 is 36.7 Å². The Labute approximate surface area is 372 Å². The lowest BCUT2D eigenvalue weighted by atomic mass is 9.89. The van der Waals surface area contributed by atoms with E-state index in [1.807, 2.05) is 18.3 Å². The van der Waals surface area contributed by atoms with Gasteiger partial charge in [0.2, 0.25) is 5.95 Å². The Morgan fingerprint density at radius 1 is 0.708 bits per heavy atom. The van der Waals surface area contributed by atoms with Crippen molar-refractivity contribution in [1.82, 2.24) is 24.6 Å². The molecule has 0 aliphatic heterocycles. The third-order valence-electron chi connectivity index (χ3n) is 9.78. The topological polar surface area (TPSA) is 170 Å². The number of alkyl halides is 6. The second-order valence-corrected chi connectivity index (χ2v) is 18.7. The molecule has 4 aromatic rings. The summed E-state index contributed by atoms with van der Waals surface area (Å²) in [6, 6.07) is 3.55. The van der Waals surface area contributed by atoms with Crippen LogP contribution in [0.5, 0.6) is 0 Å². The van der Waals surface area contributed by atoms with Gasteiger partial charge in [-0.25, -0.2) is 38.9 Å². The molecule has 2 aromatic carbocycles. The van der Waals surface area contributed by atoms with Crippen molar-refractivity contribution in [1.29, 1.82) is 0 Å². The summed E-state index contributed by atoms with van der Waals surface area (Å²) in [7, 11) is 1.57. The first kappa shape index (κ1) is 49.9. The maximum absolute atomic E-state index is 14.0. The van der Waals surface area contributed by atoms with Gasteiger partial charge in [0.25, 0.3) is 0 Å². The Kier molecular flexibility index (Phi) is 14.1. The van der Waals surface area contributed by atoms with Crippen molar-refractivity contribution in [3.05, 3.63) is 59.3 Å². The highest BCUT2D eigenvalue weighted by Crippen LogP contribution is 2.38. The summed E-state index contributed by atoms with van der Waals surface area (Å²) in [5.74, 6) is 0.00532. The first-order chi connectivity index (χ1) is 29.8. The number of nitrogens with one attached hydrogen (secondary N) is 2. The summed E-state index contributed by atoms with van der Waals surface area (Å²) in [5, 5.41) is 9.21. The SMILES string of the molecule is CCc1cc(-c2cc(NC(=O)Nc3cc(C(F)(F)F)cc(C(F)(F)F)c3)nn2C)cc2cnc(N(C(=O)OC(C)(C)C)C3CCC(N(C(=O)OC(C)(C)C)C(=O)OC(C)(C)C)CC3)nc12. The number of anilines is 3. The number of fused-ring (bicyclic) bond motifs is 1. The van der Waals surface area contributed by atoms with E-state index in [9.17, 15) is 45.5 Å². The average Bonchev–Trinajstić information content (AvgIpc) is 3.51. The molecule has 1 aliphatic carbocycles. The molecule has 15 nitrogen and oxygen atoms in total. The quantitative estimate of drug-likeness (QED) is 0.134. The van der Waals surface area contributed by atoms with Crippen molar-refractivity contribution < 1.29 is 59.7 Å². The highest BCUT2D eigenvalue weighted by atomic mass is 19.4. The van der Waals surface area contributed by atoms with Crippen LogP contribution < -0.4 is 15.5 Å². The number of imide groups is 1. The summed E-state index contributed by atoms with van der Waals surface area (Å²) in [5.41, 5.74) is -4.25. The third-order valence-corrected chi connectivity index (χ3v) is 9.78. The number of aryl methyl sites for hydroxylation is 2. The van der Waals surface area contributed by atoms with Crippen LogP contribution in [-0.2, 0) is 40.0 Å². The Morgan fingerprint density at radius 2 is 1.22 bits per heavy atom. The molecular weight excluding hydrogens is 867 g/mol. The molecule has 354 valence electrons. The van der Waals surface area contributed by atoms with Crippen molar-refractivity contribution >= 4 is 52.7 Å². The lowest BCUT2D eigenvalue weighted by Crippen LogP contribution is -2.52. The van der Waals surface area contributed by atoms with E-state index in [1.54, 1.807) is 81.6 Å². The van der Waals surface area contributed by atoms with E-state index < -0.39 is 82.4 Å². The van der Waals surface area contributed by atoms with Gasteiger partial charge in [0.1, 0.15) is 16.8 Å². The second kappa shape index (κ2) is 18.4. The Balaban J connectivity index is 1.41. The minimum Gasteiger partial charge on any atom is -0.443 e. The van der Waals surface area contributed by atoms with Crippen molar-refractivity contribution in [3.8, 4) is 11.3 Å². The van der Waals surface area contributed by atoms with Crippen molar-refractivity contribution in [2.75, 3.05) is 15.5 Å². The van der Waals surface area contributed by atoms with Crippen molar-refractivity contribution in [2.24, 2.45) is 7.05 Å². The first-order valence-electron chi connectivity index (χ1n) is 20.8. The van der Waals surface area contributed by atoms with Gasteiger partial charge in [0.15, 0.2) is 5.82 Å². The molecular formula is C44H54F6N8O7. The number of nitrogens with zero attached hydrogens (tertiary/aromatic N) is 6. The first-order valence-corrected chi connectivity index (χ1v) is 20.8. The zero-order chi connectivity index (χ0) is 48.6. The highest BCUT2D eigenvalue weighted by molar-refractivity contribution is 6.00. The Morgan fingerprint density at radius 3 is 1.71 bits per heavy atom. The number of carbonyl (C=O) groups is 4. The molecule has 0 saturated heterocycles. The number of ether oxygens (including phenoxy) is 3. The van der Waals surface area contributed by atoms with Crippen LogP contribution in [0.4, 0.5) is 63.0 Å². The zero-order valence-corrected chi connectivity index (χ0v) is 38.0. The van der Waals surface area contributed by atoms with Crippen LogP contribution in [0.3, 0.4) is 0 Å². The monoisotopic (exact) mass is 920 g/mol. The number of rotatable bonds is 7. The van der Waals surface area contributed by atoms with Gasteiger partial charge in [0.05, 0.1) is 22.3 Å². The summed E-state index contributed by atoms with van der Waals surface area (Å²) >= 11 is 0. The molecule has 2 heterocycles.